The molecule has 2 unspecified atom stereocenters. The molecule has 1 aromatic rings. The fourth-order valence-corrected chi connectivity index (χ4v) is 2.29. The Balaban J connectivity index is 1.60. The van der Waals surface area contributed by atoms with E-state index in [0.717, 1.165) is 17.3 Å². The molecule has 1 aliphatic rings. The lowest BCUT2D eigenvalue weighted by Gasteiger charge is -2.06. The molecule has 4 nitrogen and oxygen atoms in total. The number of nitrogens with one attached hydrogen (secondary N) is 2. The molecule has 2 N–H and O–H groups in total. The number of halogens is 1. The van der Waals surface area contributed by atoms with Crippen LogP contribution < -0.4 is 10.6 Å². The van der Waals surface area contributed by atoms with Gasteiger partial charge in [0.15, 0.2) is 0 Å². The summed E-state index contributed by atoms with van der Waals surface area (Å²) in [6.45, 7) is 3.26. The second-order valence-corrected chi connectivity index (χ2v) is 6.14. The molecule has 5 heteroatoms. The Hall–Kier alpha value is -1.36. The van der Waals surface area contributed by atoms with Crippen molar-refractivity contribution < 1.29 is 9.59 Å². The van der Waals surface area contributed by atoms with Crippen LogP contribution in [0, 0.1) is 11.8 Å². The minimum absolute atomic E-state index is 0.0837. The van der Waals surface area contributed by atoms with Gasteiger partial charge in [0.1, 0.15) is 0 Å². The molecular weight excluding hydrogens is 320 g/mol. The molecule has 0 bridgehead atoms. The molecule has 0 spiro atoms. The lowest BCUT2D eigenvalue weighted by Crippen LogP contribution is -2.30. The Labute approximate surface area is 127 Å². The van der Waals surface area contributed by atoms with Gasteiger partial charge in [-0.3, -0.25) is 9.59 Å². The summed E-state index contributed by atoms with van der Waals surface area (Å²) in [7, 11) is 0. The van der Waals surface area contributed by atoms with E-state index < -0.39 is 0 Å². The number of hydrogen-bond donors (Lipinski definition) is 2. The molecule has 20 heavy (non-hydrogen) atoms. The largest absolute Gasteiger partial charge is 0.356 e. The van der Waals surface area contributed by atoms with E-state index in [1.807, 2.05) is 12.1 Å². The SMILES string of the molecule is CC1CC1C(=O)NCCCNC(=O)c1ccc(Br)cc1. The van der Waals surface area contributed by atoms with Crippen LogP contribution in [0.1, 0.15) is 30.1 Å². The summed E-state index contributed by atoms with van der Waals surface area (Å²) in [6, 6.07) is 7.23. The van der Waals surface area contributed by atoms with Gasteiger partial charge in [-0.2, -0.15) is 0 Å². The Morgan fingerprint density at radius 2 is 1.80 bits per heavy atom. The maximum atomic E-state index is 11.8. The summed E-state index contributed by atoms with van der Waals surface area (Å²) in [4.78, 5) is 23.4. The van der Waals surface area contributed by atoms with Crippen molar-refractivity contribution in [2.75, 3.05) is 13.1 Å². The summed E-state index contributed by atoms with van der Waals surface area (Å²) in [5.74, 6) is 0.816. The minimum atomic E-state index is -0.0837. The van der Waals surface area contributed by atoms with Crippen LogP contribution in [0.3, 0.4) is 0 Å². The molecular formula is C15H19BrN2O2. The number of benzene rings is 1. The van der Waals surface area contributed by atoms with Gasteiger partial charge >= 0.3 is 0 Å². The van der Waals surface area contributed by atoms with Crippen LogP contribution in [0.4, 0.5) is 0 Å². The van der Waals surface area contributed by atoms with Crippen LogP contribution in [0.25, 0.3) is 0 Å². The van der Waals surface area contributed by atoms with Crippen LogP contribution in [-0.2, 0) is 4.79 Å². The van der Waals surface area contributed by atoms with Crippen molar-refractivity contribution in [3.8, 4) is 0 Å². The van der Waals surface area contributed by atoms with Crippen molar-refractivity contribution in [2.45, 2.75) is 19.8 Å². The van der Waals surface area contributed by atoms with E-state index in [0.29, 0.717) is 24.6 Å². The Morgan fingerprint density at radius 3 is 2.40 bits per heavy atom. The lowest BCUT2D eigenvalue weighted by molar-refractivity contribution is -0.122. The monoisotopic (exact) mass is 338 g/mol. The highest BCUT2D eigenvalue weighted by Crippen LogP contribution is 2.37. The van der Waals surface area contributed by atoms with Crippen molar-refractivity contribution in [2.24, 2.45) is 11.8 Å². The summed E-state index contributed by atoms with van der Waals surface area (Å²) in [5, 5.41) is 5.74. The molecule has 0 aromatic heterocycles. The smallest absolute Gasteiger partial charge is 0.251 e. The van der Waals surface area contributed by atoms with Gasteiger partial charge in [-0.25, -0.2) is 0 Å². The van der Waals surface area contributed by atoms with Gasteiger partial charge in [0.05, 0.1) is 0 Å². The van der Waals surface area contributed by atoms with Crippen molar-refractivity contribution in [1.82, 2.24) is 10.6 Å². The maximum absolute atomic E-state index is 11.8. The second kappa shape index (κ2) is 6.88. The van der Waals surface area contributed by atoms with E-state index in [9.17, 15) is 9.59 Å². The van der Waals surface area contributed by atoms with Gasteiger partial charge in [-0.15, -0.1) is 0 Å². The average molecular weight is 339 g/mol. The van der Waals surface area contributed by atoms with Gasteiger partial charge in [-0.05, 0) is 43.0 Å². The highest BCUT2D eigenvalue weighted by Gasteiger charge is 2.38. The standard InChI is InChI=1S/C15H19BrN2O2/c1-10-9-13(10)15(20)18-8-2-7-17-14(19)11-3-5-12(16)6-4-11/h3-6,10,13H,2,7-9H2,1H3,(H,17,19)(H,18,20). The number of hydrogen-bond acceptors (Lipinski definition) is 2. The summed E-state index contributed by atoms with van der Waals surface area (Å²) in [6.07, 6.45) is 1.75. The minimum Gasteiger partial charge on any atom is -0.356 e. The van der Waals surface area contributed by atoms with Crippen LogP contribution in [-0.4, -0.2) is 24.9 Å². The van der Waals surface area contributed by atoms with E-state index in [2.05, 4.69) is 33.5 Å². The molecule has 0 saturated heterocycles. The number of amides is 2. The fraction of sp³-hybridized carbons (Fsp3) is 0.467. The Morgan fingerprint density at radius 1 is 1.20 bits per heavy atom. The van der Waals surface area contributed by atoms with Gasteiger partial charge in [0.2, 0.25) is 5.91 Å². The molecule has 0 aliphatic heterocycles. The predicted molar refractivity (Wildman–Crippen MR) is 81.4 cm³/mol. The van der Waals surface area contributed by atoms with Crippen LogP contribution in [0.5, 0.6) is 0 Å². The number of carbonyl (C=O) groups excluding carboxylic acids is 2. The second-order valence-electron chi connectivity index (χ2n) is 5.23. The molecule has 2 amide bonds. The van der Waals surface area contributed by atoms with Crippen LogP contribution in [0.2, 0.25) is 0 Å². The maximum Gasteiger partial charge on any atom is 0.251 e. The Bertz CT molecular complexity index is 487. The van der Waals surface area contributed by atoms with Gasteiger partial charge in [-0.1, -0.05) is 22.9 Å². The van der Waals surface area contributed by atoms with Gasteiger partial charge in [0, 0.05) is 29.0 Å². The van der Waals surface area contributed by atoms with Crippen molar-refractivity contribution in [3.05, 3.63) is 34.3 Å². The van der Waals surface area contributed by atoms with Crippen LogP contribution >= 0.6 is 15.9 Å². The number of carbonyl (C=O) groups is 2. The first-order valence-electron chi connectivity index (χ1n) is 6.89. The third kappa shape index (κ3) is 4.34. The third-order valence-electron chi connectivity index (χ3n) is 3.49. The van der Waals surface area contributed by atoms with Crippen molar-refractivity contribution in [1.29, 1.82) is 0 Å². The first-order chi connectivity index (χ1) is 9.58. The fourth-order valence-electron chi connectivity index (χ4n) is 2.02. The van der Waals surface area contributed by atoms with Gasteiger partial charge in [0.25, 0.3) is 5.91 Å². The molecule has 1 fully saturated rings. The zero-order valence-electron chi connectivity index (χ0n) is 11.5. The average Bonchev–Trinajstić information content (AvgIpc) is 3.16. The molecule has 2 rings (SSSR count). The molecule has 1 aromatic carbocycles. The molecule has 0 radical (unpaired) electrons. The van der Waals surface area contributed by atoms with Gasteiger partial charge < -0.3 is 10.6 Å². The Kier molecular flexibility index (Phi) is 5.17. The molecule has 1 aliphatic carbocycles. The first-order valence-corrected chi connectivity index (χ1v) is 7.68. The molecule has 108 valence electrons. The normalized spacial score (nSPS) is 20.3. The highest BCUT2D eigenvalue weighted by atomic mass is 79.9. The molecule has 0 heterocycles. The van der Waals surface area contributed by atoms with E-state index in [1.165, 1.54) is 0 Å². The first kappa shape index (κ1) is 15.0. The zero-order chi connectivity index (χ0) is 14.5. The molecule has 1 saturated carbocycles. The highest BCUT2D eigenvalue weighted by molar-refractivity contribution is 9.10. The predicted octanol–water partition coefficient (Wildman–Crippen LogP) is 2.34. The summed E-state index contributed by atoms with van der Waals surface area (Å²) >= 11 is 3.33. The van der Waals surface area contributed by atoms with Crippen molar-refractivity contribution in [3.63, 3.8) is 0 Å². The lowest BCUT2D eigenvalue weighted by atomic mass is 10.2. The quantitative estimate of drug-likeness (QED) is 0.782. The topological polar surface area (TPSA) is 58.2 Å². The van der Waals surface area contributed by atoms with E-state index >= 15 is 0 Å². The summed E-state index contributed by atoms with van der Waals surface area (Å²) in [5.41, 5.74) is 0.643. The number of rotatable bonds is 6. The summed E-state index contributed by atoms with van der Waals surface area (Å²) < 4.78 is 0.950. The zero-order valence-corrected chi connectivity index (χ0v) is 13.1. The van der Waals surface area contributed by atoms with Crippen molar-refractivity contribution >= 4 is 27.7 Å². The van der Waals surface area contributed by atoms with E-state index in [-0.39, 0.29) is 17.7 Å². The van der Waals surface area contributed by atoms with Crippen LogP contribution in [0.15, 0.2) is 28.7 Å². The molecule has 2 atom stereocenters. The van der Waals surface area contributed by atoms with E-state index in [4.69, 9.17) is 0 Å². The third-order valence-corrected chi connectivity index (χ3v) is 4.02. The van der Waals surface area contributed by atoms with E-state index in [1.54, 1.807) is 12.1 Å².